The van der Waals surface area contributed by atoms with Crippen molar-refractivity contribution >= 4 is 12.6 Å². The van der Waals surface area contributed by atoms with Crippen molar-refractivity contribution in [1.82, 2.24) is 0 Å². The van der Waals surface area contributed by atoms with Crippen LogP contribution in [0.5, 0.6) is 0 Å². The van der Waals surface area contributed by atoms with Crippen molar-refractivity contribution in [3.05, 3.63) is 185 Å². The van der Waals surface area contributed by atoms with E-state index < -0.39 is 0 Å². The highest BCUT2D eigenvalue weighted by molar-refractivity contribution is 6.62. The van der Waals surface area contributed by atoms with Gasteiger partial charge in [-0.05, 0) is 237 Å². The Bertz CT molecular complexity index is 2750. The molecule has 10 fully saturated rings. The van der Waals surface area contributed by atoms with Gasteiger partial charge < -0.3 is 9.31 Å². The molecule has 6 aromatic carbocycles. The summed E-state index contributed by atoms with van der Waals surface area (Å²) in [5.74, 6) is 0. The van der Waals surface area contributed by atoms with E-state index >= 15 is 0 Å². The van der Waals surface area contributed by atoms with Gasteiger partial charge in [0.15, 0.2) is 0 Å². The molecule has 0 amide bonds. The SMILES string of the molecule is CC1(C)OB(c2ccc(C34CCC(c5ccc(-c6ccc(C78CCC(c9ccc(-c%10ccc(C%11%12CCC(c%13ccccc%13)(CC%11)CC%12)cc%10)cc9)(CC7)CC8)cc6)cc5)(CC3)CC4)cc2)OC1(C)C. The van der Waals surface area contributed by atoms with Crippen LogP contribution in [0.15, 0.2) is 152 Å². The summed E-state index contributed by atoms with van der Waals surface area (Å²) < 4.78 is 12.7. The van der Waals surface area contributed by atoms with Gasteiger partial charge in [-0.25, -0.2) is 0 Å². The van der Waals surface area contributed by atoms with Crippen LogP contribution in [0.2, 0.25) is 0 Å². The molecule has 0 aromatic heterocycles. The number of hydrogen-bond acceptors (Lipinski definition) is 2. The third-order valence-corrected chi connectivity index (χ3v) is 21.8. The molecule has 3 heteroatoms. The Balaban J connectivity index is 0.620. The summed E-state index contributed by atoms with van der Waals surface area (Å²) in [4.78, 5) is 0. The van der Waals surface area contributed by atoms with Gasteiger partial charge >= 0.3 is 7.12 Å². The first-order chi connectivity index (χ1) is 33.4. The van der Waals surface area contributed by atoms with E-state index in [1.165, 1.54) is 143 Å². The third kappa shape index (κ3) is 7.08. The van der Waals surface area contributed by atoms with Crippen LogP contribution in [0.1, 0.15) is 177 Å². The molecule has 352 valence electrons. The van der Waals surface area contributed by atoms with E-state index in [2.05, 4.69) is 179 Å². The average Bonchev–Trinajstić information content (AvgIpc) is 3.65. The van der Waals surface area contributed by atoms with E-state index in [0.29, 0.717) is 32.5 Å². The minimum atomic E-state index is -0.318. The van der Waals surface area contributed by atoms with Crippen molar-refractivity contribution in [2.75, 3.05) is 0 Å². The summed E-state index contributed by atoms with van der Waals surface area (Å²) in [5.41, 5.74) is 17.4. The predicted octanol–water partition coefficient (Wildman–Crippen LogP) is 16.0. The largest absolute Gasteiger partial charge is 0.494 e. The Morgan fingerprint density at radius 3 is 0.696 bits per heavy atom. The van der Waals surface area contributed by atoms with Crippen LogP contribution in [0.4, 0.5) is 0 Å². The van der Waals surface area contributed by atoms with Gasteiger partial charge in [0.25, 0.3) is 0 Å². The predicted molar refractivity (Wildman–Crippen MR) is 286 cm³/mol. The molecule has 1 heterocycles. The Morgan fingerprint density at radius 1 is 0.261 bits per heavy atom. The number of hydrogen-bond donors (Lipinski definition) is 0. The molecule has 9 saturated carbocycles. The maximum absolute atomic E-state index is 6.36. The topological polar surface area (TPSA) is 18.5 Å². The molecule has 2 nitrogen and oxygen atoms in total. The molecular weight excluding hydrogens is 836 g/mol. The lowest BCUT2D eigenvalue weighted by molar-refractivity contribution is 0.00578. The third-order valence-electron chi connectivity index (χ3n) is 21.8. The first kappa shape index (κ1) is 44.3. The lowest BCUT2D eigenvalue weighted by atomic mass is 9.50. The molecule has 1 saturated heterocycles. The van der Waals surface area contributed by atoms with Crippen molar-refractivity contribution in [3.63, 3.8) is 0 Å². The van der Waals surface area contributed by atoms with E-state index in [1.807, 2.05) is 0 Å². The lowest BCUT2D eigenvalue weighted by Gasteiger charge is -2.54. The monoisotopic (exact) mass is 909 g/mol. The number of benzene rings is 6. The van der Waals surface area contributed by atoms with Crippen LogP contribution in [0.25, 0.3) is 22.3 Å². The van der Waals surface area contributed by atoms with Crippen LogP contribution in [-0.4, -0.2) is 18.3 Å². The smallest absolute Gasteiger partial charge is 0.399 e. The zero-order valence-electron chi connectivity index (χ0n) is 42.1. The summed E-state index contributed by atoms with van der Waals surface area (Å²) in [7, 11) is -0.297. The number of fused-ring (bicyclic) bond motifs is 9. The van der Waals surface area contributed by atoms with Gasteiger partial charge in [0, 0.05) is 0 Å². The normalized spacial score (nSPS) is 32.9. The van der Waals surface area contributed by atoms with E-state index in [-0.39, 0.29) is 18.3 Å². The molecule has 10 aliphatic rings. The van der Waals surface area contributed by atoms with Crippen molar-refractivity contribution in [2.45, 2.75) is 187 Å². The Labute approximate surface area is 414 Å². The Morgan fingerprint density at radius 2 is 0.464 bits per heavy atom. The Kier molecular flexibility index (Phi) is 10.2. The van der Waals surface area contributed by atoms with Crippen LogP contribution < -0.4 is 5.46 Å². The van der Waals surface area contributed by atoms with Gasteiger partial charge in [-0.3, -0.25) is 0 Å². The van der Waals surface area contributed by atoms with Gasteiger partial charge in [0.1, 0.15) is 0 Å². The second-order valence-electron chi connectivity index (χ2n) is 25.1. The molecule has 0 radical (unpaired) electrons. The first-order valence-electron chi connectivity index (χ1n) is 27.3. The fourth-order valence-corrected chi connectivity index (χ4v) is 16.0. The maximum Gasteiger partial charge on any atom is 0.494 e. The molecule has 0 unspecified atom stereocenters. The summed E-state index contributed by atoms with van der Waals surface area (Å²) >= 11 is 0. The van der Waals surface area contributed by atoms with E-state index in [4.69, 9.17) is 9.31 Å². The van der Waals surface area contributed by atoms with Gasteiger partial charge in [0.05, 0.1) is 11.2 Å². The van der Waals surface area contributed by atoms with Gasteiger partial charge in [0.2, 0.25) is 0 Å². The molecular formula is C66H73BO2. The van der Waals surface area contributed by atoms with Crippen LogP contribution in [-0.2, 0) is 41.8 Å². The highest BCUT2D eigenvalue weighted by Crippen LogP contribution is 2.61. The fraction of sp³-hybridized carbons (Fsp3) is 0.455. The van der Waals surface area contributed by atoms with E-state index in [0.717, 1.165) is 5.46 Å². The summed E-state index contributed by atoms with van der Waals surface area (Å²) in [6, 6.07) is 59.9. The van der Waals surface area contributed by atoms with Gasteiger partial charge in [-0.1, -0.05) is 152 Å². The minimum absolute atomic E-state index is 0.297. The first-order valence-corrected chi connectivity index (χ1v) is 27.3. The standard InChI is InChI=1S/C66H73BO2/c1-59(2)60(3,4)69-67(68-59)58-28-26-57(27-29-58)66-45-42-65(43-46-66,44-47-66)56-24-16-51(17-25-56)50-14-22-55(23-15-50)64-39-36-63(37-40-64,38-41-64)54-20-12-49(13-21-54)48-10-18-53(19-11-48)62-33-30-61(31-34-62,32-35-62)52-8-6-5-7-9-52/h5-29H,30-47H2,1-4H3. The molecule has 6 aromatic rings. The second-order valence-corrected chi connectivity index (χ2v) is 25.1. The van der Waals surface area contributed by atoms with E-state index in [9.17, 15) is 0 Å². The quantitative estimate of drug-likeness (QED) is 0.135. The molecule has 16 rings (SSSR count). The minimum Gasteiger partial charge on any atom is -0.399 e. The molecule has 1 aliphatic heterocycles. The van der Waals surface area contributed by atoms with Crippen molar-refractivity contribution in [3.8, 4) is 22.3 Å². The summed E-state index contributed by atoms with van der Waals surface area (Å²) in [5, 5.41) is 0. The van der Waals surface area contributed by atoms with Crippen LogP contribution in [0, 0.1) is 0 Å². The second kappa shape index (κ2) is 15.9. The molecule has 0 N–H and O–H groups in total. The van der Waals surface area contributed by atoms with Crippen molar-refractivity contribution < 1.29 is 9.31 Å². The van der Waals surface area contributed by atoms with Gasteiger partial charge in [-0.2, -0.15) is 0 Å². The van der Waals surface area contributed by atoms with Gasteiger partial charge in [-0.15, -0.1) is 0 Å². The fourth-order valence-electron chi connectivity index (χ4n) is 16.0. The molecule has 0 spiro atoms. The molecule has 9 aliphatic carbocycles. The summed E-state index contributed by atoms with van der Waals surface area (Å²) in [6.07, 6.45) is 23.4. The number of rotatable bonds is 9. The zero-order chi connectivity index (χ0) is 46.7. The van der Waals surface area contributed by atoms with Crippen molar-refractivity contribution in [2.24, 2.45) is 0 Å². The highest BCUT2D eigenvalue weighted by atomic mass is 16.7. The molecule has 0 atom stereocenters. The molecule has 69 heavy (non-hydrogen) atoms. The van der Waals surface area contributed by atoms with Crippen LogP contribution in [0.3, 0.4) is 0 Å². The average molecular weight is 909 g/mol. The maximum atomic E-state index is 6.36. The van der Waals surface area contributed by atoms with Crippen LogP contribution >= 0.6 is 0 Å². The molecule has 6 bridgehead atoms. The lowest BCUT2D eigenvalue weighted by Crippen LogP contribution is -2.46. The van der Waals surface area contributed by atoms with E-state index in [1.54, 1.807) is 27.8 Å². The summed E-state index contributed by atoms with van der Waals surface area (Å²) in [6.45, 7) is 8.53. The van der Waals surface area contributed by atoms with Crippen molar-refractivity contribution in [1.29, 1.82) is 0 Å². The zero-order valence-corrected chi connectivity index (χ0v) is 42.1. The Hall–Kier alpha value is -4.70. The highest BCUT2D eigenvalue weighted by Gasteiger charge is 2.54.